The van der Waals surface area contributed by atoms with Crippen LogP contribution in [-0.4, -0.2) is 78.6 Å². The van der Waals surface area contributed by atoms with Crippen molar-refractivity contribution < 1.29 is 27.8 Å². The Morgan fingerprint density at radius 3 is 2.56 bits per heavy atom. The van der Waals surface area contributed by atoms with Crippen LogP contribution >= 0.6 is 0 Å². The summed E-state index contributed by atoms with van der Waals surface area (Å²) in [6.45, 7) is 6.29. The zero-order valence-corrected chi connectivity index (χ0v) is 18.5. The number of alkyl halides is 3. The number of rotatable bonds is 7. The van der Waals surface area contributed by atoms with Gasteiger partial charge in [-0.05, 0) is 69.7 Å². The highest BCUT2D eigenvalue weighted by Crippen LogP contribution is 2.53. The molecule has 2 saturated heterocycles. The molecular formula is C23H32F3N3O3. The van der Waals surface area contributed by atoms with Gasteiger partial charge in [0.15, 0.2) is 0 Å². The van der Waals surface area contributed by atoms with Crippen molar-refractivity contribution >= 4 is 11.6 Å². The fourth-order valence-corrected chi connectivity index (χ4v) is 5.03. The van der Waals surface area contributed by atoms with Gasteiger partial charge in [0.2, 0.25) is 5.91 Å². The van der Waals surface area contributed by atoms with E-state index in [4.69, 9.17) is 0 Å². The number of aliphatic hydroxyl groups excluding tert-OH is 1. The largest absolute Gasteiger partial charge is 0.573 e. The molecule has 0 aromatic heterocycles. The minimum atomic E-state index is -4.75. The van der Waals surface area contributed by atoms with Gasteiger partial charge in [-0.15, -0.1) is 13.2 Å². The molecule has 3 fully saturated rings. The molecule has 0 bridgehead atoms. The summed E-state index contributed by atoms with van der Waals surface area (Å²) in [6.07, 6.45) is 0.323. The number of nitrogens with zero attached hydrogens (tertiary/aromatic N) is 3. The van der Waals surface area contributed by atoms with Crippen molar-refractivity contribution in [1.29, 1.82) is 0 Å². The Morgan fingerprint density at radius 2 is 1.88 bits per heavy atom. The number of ether oxygens (including phenoxy) is 1. The number of benzene rings is 1. The third-order valence-electron chi connectivity index (χ3n) is 7.24. The molecule has 1 amide bonds. The third kappa shape index (κ3) is 5.31. The lowest BCUT2D eigenvalue weighted by molar-refractivity contribution is -0.274. The summed E-state index contributed by atoms with van der Waals surface area (Å²) < 4.78 is 41.6. The number of piperazine rings is 1. The van der Waals surface area contributed by atoms with E-state index in [0.717, 1.165) is 51.7 Å². The Hall–Kier alpha value is -2.00. The van der Waals surface area contributed by atoms with E-state index in [1.165, 1.54) is 18.2 Å². The summed E-state index contributed by atoms with van der Waals surface area (Å²) in [7, 11) is 0. The number of hydrogen-bond donors (Lipinski definition) is 1. The molecule has 0 radical (unpaired) electrons. The number of β-amino-alcohol motifs (C(OH)–C–C–N with tert-alkyl or cyclic N) is 1. The maximum atomic E-state index is 12.9. The van der Waals surface area contributed by atoms with Gasteiger partial charge in [-0.3, -0.25) is 4.79 Å². The van der Waals surface area contributed by atoms with Gasteiger partial charge < -0.3 is 24.5 Å². The molecular weight excluding hydrogens is 423 g/mol. The summed E-state index contributed by atoms with van der Waals surface area (Å²) in [4.78, 5) is 18.9. The second kappa shape index (κ2) is 9.09. The number of carbonyl (C=O) groups excluding carboxylic acids is 1. The molecule has 1 aromatic rings. The predicted octanol–water partition coefficient (Wildman–Crippen LogP) is 3.25. The Kier molecular flexibility index (Phi) is 6.58. The van der Waals surface area contributed by atoms with Crippen molar-refractivity contribution in [2.45, 2.75) is 57.5 Å². The molecule has 1 spiro atoms. The molecule has 1 saturated carbocycles. The Balaban J connectivity index is 1.23. The first kappa shape index (κ1) is 23.2. The van der Waals surface area contributed by atoms with E-state index in [1.807, 2.05) is 9.80 Å². The number of likely N-dealkylation sites (tertiary alicyclic amines) is 1. The van der Waals surface area contributed by atoms with Gasteiger partial charge in [0.05, 0.1) is 6.10 Å². The molecule has 2 aliphatic heterocycles. The fraction of sp³-hybridized carbons (Fsp3) is 0.696. The van der Waals surface area contributed by atoms with E-state index in [-0.39, 0.29) is 23.2 Å². The summed E-state index contributed by atoms with van der Waals surface area (Å²) in [5.41, 5.74) is 0.765. The summed E-state index contributed by atoms with van der Waals surface area (Å²) in [5.74, 6) is -0.296. The average molecular weight is 456 g/mol. The second-order valence-corrected chi connectivity index (χ2v) is 9.38. The van der Waals surface area contributed by atoms with Gasteiger partial charge in [0.25, 0.3) is 0 Å². The minimum absolute atomic E-state index is 0.0116. The lowest BCUT2D eigenvalue weighted by Gasteiger charge is -2.40. The van der Waals surface area contributed by atoms with E-state index < -0.39 is 12.4 Å². The maximum absolute atomic E-state index is 12.9. The highest BCUT2D eigenvalue weighted by molar-refractivity contribution is 5.86. The van der Waals surface area contributed by atoms with Crippen LogP contribution in [0.4, 0.5) is 18.9 Å². The number of hydrogen-bond acceptors (Lipinski definition) is 5. The number of aliphatic hydroxyl groups is 1. The number of carbonyl (C=O) groups is 1. The fourth-order valence-electron chi connectivity index (χ4n) is 5.03. The van der Waals surface area contributed by atoms with Crippen molar-refractivity contribution in [2.24, 2.45) is 5.41 Å². The Bertz CT molecular complexity index is 815. The summed E-state index contributed by atoms with van der Waals surface area (Å²) in [5, 5.41) is 10.3. The van der Waals surface area contributed by atoms with Crippen molar-refractivity contribution in [3.05, 3.63) is 24.3 Å². The number of amides is 1. The average Bonchev–Trinajstić information content (AvgIpc) is 3.51. The zero-order valence-electron chi connectivity index (χ0n) is 18.5. The molecule has 1 aliphatic carbocycles. The first-order chi connectivity index (χ1) is 15.2. The maximum Gasteiger partial charge on any atom is 0.573 e. The third-order valence-corrected chi connectivity index (χ3v) is 7.24. The molecule has 9 heteroatoms. The molecule has 0 unspecified atom stereocenters. The molecule has 2 heterocycles. The molecule has 3 aliphatic rings. The van der Waals surface area contributed by atoms with Gasteiger partial charge in [-0.1, -0.05) is 6.07 Å². The van der Waals surface area contributed by atoms with E-state index in [2.05, 4.69) is 9.64 Å². The Labute approximate surface area is 186 Å². The number of piperidine rings is 1. The van der Waals surface area contributed by atoms with E-state index in [9.17, 15) is 23.1 Å². The van der Waals surface area contributed by atoms with Crippen molar-refractivity contribution in [1.82, 2.24) is 9.80 Å². The van der Waals surface area contributed by atoms with E-state index >= 15 is 0 Å². The van der Waals surface area contributed by atoms with Gasteiger partial charge >= 0.3 is 6.36 Å². The minimum Gasteiger partial charge on any atom is -0.406 e. The van der Waals surface area contributed by atoms with Crippen LogP contribution in [0.1, 0.15) is 39.0 Å². The molecule has 2 atom stereocenters. The number of unbranched alkanes of at least 4 members (excludes halogenated alkanes) is 1. The van der Waals surface area contributed by atoms with Crippen LogP contribution < -0.4 is 9.64 Å². The normalized spacial score (nSPS) is 26.0. The SMILES string of the molecule is C[C@H]1C(=O)N(CCCCN2CCC3(CC3)[C@H](O)C2)CCN1c1cccc(OC(F)(F)F)c1. The molecule has 1 aromatic carbocycles. The van der Waals surface area contributed by atoms with Crippen LogP contribution in [0.25, 0.3) is 0 Å². The van der Waals surface area contributed by atoms with Gasteiger partial charge in [0, 0.05) is 37.9 Å². The second-order valence-electron chi connectivity index (χ2n) is 9.38. The zero-order chi connectivity index (χ0) is 22.9. The Morgan fingerprint density at radius 1 is 1.12 bits per heavy atom. The molecule has 178 valence electrons. The van der Waals surface area contributed by atoms with E-state index in [0.29, 0.717) is 25.3 Å². The van der Waals surface area contributed by atoms with E-state index in [1.54, 1.807) is 13.0 Å². The van der Waals surface area contributed by atoms with Crippen LogP contribution in [0.5, 0.6) is 5.75 Å². The monoisotopic (exact) mass is 455 g/mol. The summed E-state index contributed by atoms with van der Waals surface area (Å²) in [6, 6.07) is 5.33. The first-order valence-corrected chi connectivity index (χ1v) is 11.5. The lowest BCUT2D eigenvalue weighted by atomic mass is 9.90. The smallest absolute Gasteiger partial charge is 0.406 e. The van der Waals surface area contributed by atoms with Gasteiger partial charge in [0.1, 0.15) is 11.8 Å². The van der Waals surface area contributed by atoms with Crippen LogP contribution in [0.3, 0.4) is 0 Å². The van der Waals surface area contributed by atoms with Crippen LogP contribution in [0, 0.1) is 5.41 Å². The highest BCUT2D eigenvalue weighted by atomic mass is 19.4. The van der Waals surface area contributed by atoms with Gasteiger partial charge in [-0.2, -0.15) is 0 Å². The van der Waals surface area contributed by atoms with Crippen molar-refractivity contribution in [3.8, 4) is 5.75 Å². The van der Waals surface area contributed by atoms with Crippen LogP contribution in [0.15, 0.2) is 24.3 Å². The topological polar surface area (TPSA) is 56.2 Å². The lowest BCUT2D eigenvalue weighted by Crippen LogP contribution is -2.56. The summed E-state index contributed by atoms with van der Waals surface area (Å²) >= 11 is 0. The van der Waals surface area contributed by atoms with Crippen molar-refractivity contribution in [3.63, 3.8) is 0 Å². The molecule has 4 rings (SSSR count). The molecule has 32 heavy (non-hydrogen) atoms. The molecule has 1 N–H and O–H groups in total. The first-order valence-electron chi connectivity index (χ1n) is 11.5. The van der Waals surface area contributed by atoms with Gasteiger partial charge in [-0.25, -0.2) is 0 Å². The standard InChI is InChI=1S/C23H32F3N3O3/c1-17-21(31)28(11-3-2-10-27-12-9-22(7-8-22)20(30)16-27)13-14-29(17)18-5-4-6-19(15-18)32-23(24,25)26/h4-6,15,17,20,30H,2-3,7-14,16H2,1H3/t17-,20+/m0/s1. The highest BCUT2D eigenvalue weighted by Gasteiger charge is 2.51. The quantitative estimate of drug-likeness (QED) is 0.640. The predicted molar refractivity (Wildman–Crippen MR) is 114 cm³/mol. The number of anilines is 1. The van der Waals surface area contributed by atoms with Crippen molar-refractivity contribution in [2.75, 3.05) is 44.2 Å². The van der Waals surface area contributed by atoms with Crippen LogP contribution in [0.2, 0.25) is 0 Å². The molecule has 6 nitrogen and oxygen atoms in total. The number of halogens is 3. The van der Waals surface area contributed by atoms with Crippen LogP contribution in [-0.2, 0) is 4.79 Å².